The quantitative estimate of drug-likeness (QED) is 0.511. The van der Waals surface area contributed by atoms with Crippen LogP contribution in [0.4, 0.5) is 14.9 Å². The molecule has 3 amide bonds. The van der Waals surface area contributed by atoms with Crippen LogP contribution in [0.15, 0.2) is 48.5 Å². The number of halogens is 1. The van der Waals surface area contributed by atoms with Crippen molar-refractivity contribution >= 4 is 41.3 Å². The number of carbonyl (C=O) groups excluding carboxylic acids is 3. The summed E-state index contributed by atoms with van der Waals surface area (Å²) in [5.41, 5.74) is -0.291. The highest BCUT2D eigenvalue weighted by atomic mass is 32.2. The van der Waals surface area contributed by atoms with Crippen LogP contribution in [-0.2, 0) is 14.3 Å². The zero-order valence-corrected chi connectivity index (χ0v) is 20.2. The first-order chi connectivity index (χ1) is 16.4. The molecule has 2 atom stereocenters. The SMILES string of the molecule is CC(C)(C)OC(=O)C1CSC(c2ccccc2F)N1CC(=O)NC(=O)Nc1cccc(C(=O)O)c1. The third kappa shape index (κ3) is 7.03. The largest absolute Gasteiger partial charge is 0.478 e. The Morgan fingerprint density at radius 3 is 2.51 bits per heavy atom. The lowest BCUT2D eigenvalue weighted by Gasteiger charge is -2.30. The van der Waals surface area contributed by atoms with Gasteiger partial charge in [-0.2, -0.15) is 0 Å². The van der Waals surface area contributed by atoms with Gasteiger partial charge >= 0.3 is 18.0 Å². The number of rotatable bonds is 6. The average molecular weight is 504 g/mol. The van der Waals surface area contributed by atoms with Crippen molar-refractivity contribution in [3.63, 3.8) is 0 Å². The molecule has 186 valence electrons. The van der Waals surface area contributed by atoms with Crippen LogP contribution >= 0.6 is 11.8 Å². The smallest absolute Gasteiger partial charge is 0.335 e. The zero-order chi connectivity index (χ0) is 25.8. The molecule has 2 aromatic carbocycles. The number of amides is 3. The summed E-state index contributed by atoms with van der Waals surface area (Å²) in [6.45, 7) is 4.80. The number of imide groups is 1. The number of hydrogen-bond donors (Lipinski definition) is 3. The minimum atomic E-state index is -1.16. The van der Waals surface area contributed by atoms with Crippen molar-refractivity contribution in [2.75, 3.05) is 17.6 Å². The number of hydrogen-bond acceptors (Lipinski definition) is 7. The van der Waals surface area contributed by atoms with E-state index in [1.165, 1.54) is 47.0 Å². The highest BCUT2D eigenvalue weighted by molar-refractivity contribution is 7.99. The summed E-state index contributed by atoms with van der Waals surface area (Å²) in [6, 6.07) is 9.92. The number of ether oxygens (including phenoxy) is 1. The summed E-state index contributed by atoms with van der Waals surface area (Å²) >= 11 is 1.30. The highest BCUT2D eigenvalue weighted by Crippen LogP contribution is 2.42. The fraction of sp³-hybridized carbons (Fsp3) is 0.333. The van der Waals surface area contributed by atoms with Crippen molar-refractivity contribution in [3.8, 4) is 0 Å². The second-order valence-corrected chi connectivity index (χ2v) is 9.93. The molecule has 3 rings (SSSR count). The van der Waals surface area contributed by atoms with Crippen LogP contribution in [-0.4, -0.2) is 57.8 Å². The van der Waals surface area contributed by atoms with Gasteiger partial charge in [-0.25, -0.2) is 14.0 Å². The van der Waals surface area contributed by atoms with E-state index in [2.05, 4.69) is 10.6 Å². The molecular weight excluding hydrogens is 477 g/mol. The maximum atomic E-state index is 14.5. The van der Waals surface area contributed by atoms with E-state index in [-0.39, 0.29) is 23.5 Å². The third-order valence-electron chi connectivity index (χ3n) is 4.91. The number of urea groups is 1. The topological polar surface area (TPSA) is 125 Å². The van der Waals surface area contributed by atoms with Gasteiger partial charge in [0.05, 0.1) is 17.5 Å². The minimum Gasteiger partial charge on any atom is -0.478 e. The van der Waals surface area contributed by atoms with Gasteiger partial charge in [-0.1, -0.05) is 24.3 Å². The molecule has 0 bridgehead atoms. The van der Waals surface area contributed by atoms with Crippen LogP contribution in [0.25, 0.3) is 0 Å². The molecule has 1 saturated heterocycles. The van der Waals surface area contributed by atoms with Crippen molar-refractivity contribution in [1.29, 1.82) is 0 Å². The third-order valence-corrected chi connectivity index (χ3v) is 6.26. The summed E-state index contributed by atoms with van der Waals surface area (Å²) in [5, 5.41) is 13.0. The molecular formula is C24H26FN3O6S. The van der Waals surface area contributed by atoms with Crippen LogP contribution in [0.5, 0.6) is 0 Å². The van der Waals surface area contributed by atoms with E-state index in [0.717, 1.165) is 0 Å². The van der Waals surface area contributed by atoms with Crippen LogP contribution < -0.4 is 10.6 Å². The van der Waals surface area contributed by atoms with Gasteiger partial charge < -0.3 is 15.2 Å². The molecule has 0 saturated carbocycles. The molecule has 1 heterocycles. The van der Waals surface area contributed by atoms with Gasteiger partial charge in [0.2, 0.25) is 5.91 Å². The van der Waals surface area contributed by atoms with Crippen molar-refractivity contribution in [1.82, 2.24) is 10.2 Å². The van der Waals surface area contributed by atoms with Crippen molar-refractivity contribution in [3.05, 3.63) is 65.5 Å². The number of thioether (sulfide) groups is 1. The van der Waals surface area contributed by atoms with Gasteiger partial charge in [-0.3, -0.25) is 19.8 Å². The van der Waals surface area contributed by atoms with Gasteiger partial charge in [0.25, 0.3) is 0 Å². The normalized spacial score (nSPS) is 18.1. The van der Waals surface area contributed by atoms with Gasteiger partial charge in [0.15, 0.2) is 0 Å². The lowest BCUT2D eigenvalue weighted by atomic mass is 10.1. The van der Waals surface area contributed by atoms with E-state index in [1.807, 2.05) is 0 Å². The Bertz CT molecular complexity index is 1140. The first-order valence-electron chi connectivity index (χ1n) is 10.7. The number of esters is 1. The number of nitrogens with zero attached hydrogens (tertiary/aromatic N) is 1. The molecule has 1 aliphatic rings. The number of carboxylic acid groups (broad SMARTS) is 1. The highest BCUT2D eigenvalue weighted by Gasteiger charge is 2.43. The summed E-state index contributed by atoms with van der Waals surface area (Å²) < 4.78 is 20.0. The summed E-state index contributed by atoms with van der Waals surface area (Å²) in [4.78, 5) is 50.5. The van der Waals surface area contributed by atoms with Crippen molar-refractivity contribution in [2.45, 2.75) is 37.8 Å². The number of benzene rings is 2. The summed E-state index contributed by atoms with van der Waals surface area (Å²) in [6.07, 6.45) is 0. The summed E-state index contributed by atoms with van der Waals surface area (Å²) in [7, 11) is 0. The summed E-state index contributed by atoms with van der Waals surface area (Å²) in [5.74, 6) is -2.64. The molecule has 11 heteroatoms. The fourth-order valence-corrected chi connectivity index (χ4v) is 4.95. The lowest BCUT2D eigenvalue weighted by Crippen LogP contribution is -2.48. The molecule has 35 heavy (non-hydrogen) atoms. The van der Waals surface area contributed by atoms with Crippen LogP contribution in [0.2, 0.25) is 0 Å². The van der Waals surface area contributed by atoms with Gasteiger partial charge in [0, 0.05) is 17.0 Å². The molecule has 9 nitrogen and oxygen atoms in total. The predicted octanol–water partition coefficient (Wildman–Crippen LogP) is 3.63. The Labute approximate surface area is 206 Å². The van der Waals surface area contributed by atoms with E-state index in [1.54, 1.807) is 39.0 Å². The Morgan fingerprint density at radius 1 is 1.14 bits per heavy atom. The van der Waals surface area contributed by atoms with E-state index in [9.17, 15) is 23.6 Å². The van der Waals surface area contributed by atoms with E-state index in [4.69, 9.17) is 9.84 Å². The monoisotopic (exact) mass is 503 g/mol. The zero-order valence-electron chi connectivity index (χ0n) is 19.4. The van der Waals surface area contributed by atoms with Gasteiger partial charge in [-0.05, 0) is 45.0 Å². The number of carboxylic acids is 1. The van der Waals surface area contributed by atoms with Gasteiger partial charge in [0.1, 0.15) is 17.5 Å². The molecule has 2 unspecified atom stereocenters. The molecule has 0 radical (unpaired) electrons. The van der Waals surface area contributed by atoms with E-state index >= 15 is 0 Å². The predicted molar refractivity (Wildman–Crippen MR) is 129 cm³/mol. The first-order valence-corrected chi connectivity index (χ1v) is 11.8. The molecule has 1 fully saturated rings. The lowest BCUT2D eigenvalue weighted by molar-refractivity contribution is -0.160. The first kappa shape index (κ1) is 26.2. The molecule has 0 spiro atoms. The van der Waals surface area contributed by atoms with Crippen LogP contribution in [0.1, 0.15) is 42.1 Å². The number of nitrogens with one attached hydrogen (secondary N) is 2. The molecule has 0 aliphatic carbocycles. The average Bonchev–Trinajstić information content (AvgIpc) is 3.16. The maximum Gasteiger partial charge on any atom is 0.335 e. The number of anilines is 1. The standard InChI is InChI=1S/C24H26FN3O6S/c1-24(2,3)34-22(32)18-13-35-20(16-9-4-5-10-17(16)25)28(18)12-19(29)27-23(33)26-15-8-6-7-14(11-15)21(30)31/h4-11,18,20H,12-13H2,1-3H3,(H,30,31)(H2,26,27,29,33). The Morgan fingerprint density at radius 2 is 1.86 bits per heavy atom. The van der Waals surface area contributed by atoms with Crippen molar-refractivity contribution < 1.29 is 33.4 Å². The number of aromatic carboxylic acids is 1. The molecule has 2 aromatic rings. The molecule has 0 aromatic heterocycles. The minimum absolute atomic E-state index is 0.0313. The Balaban J connectivity index is 1.74. The molecule has 1 aliphatic heterocycles. The fourth-order valence-electron chi connectivity index (χ4n) is 3.47. The Hall–Kier alpha value is -3.44. The van der Waals surface area contributed by atoms with Crippen molar-refractivity contribution in [2.24, 2.45) is 0 Å². The van der Waals surface area contributed by atoms with E-state index < -0.39 is 46.7 Å². The second-order valence-electron chi connectivity index (χ2n) is 8.82. The molecule has 3 N–H and O–H groups in total. The maximum absolute atomic E-state index is 14.5. The van der Waals surface area contributed by atoms with E-state index in [0.29, 0.717) is 5.56 Å². The van der Waals surface area contributed by atoms with Crippen LogP contribution in [0.3, 0.4) is 0 Å². The van der Waals surface area contributed by atoms with Gasteiger partial charge in [-0.15, -0.1) is 11.8 Å². The second kappa shape index (κ2) is 10.9. The van der Waals surface area contributed by atoms with Crippen LogP contribution in [0, 0.1) is 5.82 Å². The Kier molecular flexibility index (Phi) is 8.13. The number of carbonyl (C=O) groups is 4.